The smallest absolute Gasteiger partial charge is 0.335 e. The van der Waals surface area contributed by atoms with Crippen LogP contribution in [0.15, 0.2) is 0 Å². The van der Waals surface area contributed by atoms with Crippen LogP contribution in [0.4, 0.5) is 0 Å². The largest absolute Gasteiger partial charge is 0.457 e. The minimum absolute atomic E-state index is 0.0561. The van der Waals surface area contributed by atoms with E-state index in [2.05, 4.69) is 4.74 Å². The van der Waals surface area contributed by atoms with Gasteiger partial charge in [0.15, 0.2) is 6.10 Å². The van der Waals surface area contributed by atoms with E-state index < -0.39 is 30.9 Å². The first-order chi connectivity index (χ1) is 5.15. The number of aliphatic hydroxyl groups excluding tert-OH is 3. The van der Waals surface area contributed by atoms with E-state index in [4.69, 9.17) is 15.3 Å². The van der Waals surface area contributed by atoms with Crippen LogP contribution < -0.4 is 0 Å². The molecule has 5 heteroatoms. The molecule has 5 nitrogen and oxygen atoms in total. The fourth-order valence-electron chi connectivity index (χ4n) is 0.945. The van der Waals surface area contributed by atoms with E-state index >= 15 is 0 Å². The lowest BCUT2D eigenvalue weighted by atomic mass is 10.1. The van der Waals surface area contributed by atoms with E-state index in [9.17, 15) is 4.79 Å². The monoisotopic (exact) mass is 162 g/mol. The highest BCUT2D eigenvalue weighted by atomic mass is 16.6. The van der Waals surface area contributed by atoms with Gasteiger partial charge in [-0.25, -0.2) is 4.79 Å². The fourth-order valence-corrected chi connectivity index (χ4v) is 0.945. The molecule has 1 rings (SSSR count). The van der Waals surface area contributed by atoms with Crippen molar-refractivity contribution in [3.8, 4) is 0 Å². The summed E-state index contributed by atoms with van der Waals surface area (Å²) in [4.78, 5) is 10.5. The molecular formula is C6H10O5. The third-order valence-corrected chi connectivity index (χ3v) is 1.61. The number of hydrogen-bond acceptors (Lipinski definition) is 5. The second-order valence-corrected chi connectivity index (χ2v) is 2.48. The predicted molar refractivity (Wildman–Crippen MR) is 33.6 cm³/mol. The van der Waals surface area contributed by atoms with E-state index in [-0.39, 0.29) is 6.42 Å². The Morgan fingerprint density at radius 1 is 1.73 bits per heavy atom. The zero-order chi connectivity index (χ0) is 8.43. The zero-order valence-corrected chi connectivity index (χ0v) is 5.80. The quantitative estimate of drug-likeness (QED) is 0.409. The summed E-state index contributed by atoms with van der Waals surface area (Å²) in [6.45, 7) is -0.468. The lowest BCUT2D eigenvalue weighted by molar-refractivity contribution is -0.151. The number of aliphatic hydroxyl groups is 3. The first-order valence-electron chi connectivity index (χ1n) is 3.32. The number of hydrogen-bond donors (Lipinski definition) is 3. The molecule has 64 valence electrons. The van der Waals surface area contributed by atoms with Crippen molar-refractivity contribution in [2.24, 2.45) is 0 Å². The van der Waals surface area contributed by atoms with Gasteiger partial charge < -0.3 is 20.1 Å². The molecule has 3 N–H and O–H groups in total. The van der Waals surface area contributed by atoms with Gasteiger partial charge >= 0.3 is 5.97 Å². The number of ether oxygens (including phenoxy) is 1. The number of carbonyl (C=O) groups excluding carboxylic acids is 1. The summed E-state index contributed by atoms with van der Waals surface area (Å²) in [5.74, 6) is -0.734. The maximum atomic E-state index is 10.5. The van der Waals surface area contributed by atoms with E-state index in [0.717, 1.165) is 0 Å². The average molecular weight is 162 g/mol. The Bertz CT molecular complexity index is 157. The van der Waals surface area contributed by atoms with E-state index in [1.807, 2.05) is 0 Å². The Balaban J connectivity index is 2.46. The fraction of sp³-hybridized carbons (Fsp3) is 0.833. The standard InChI is InChI=1S/C6H10O5/c7-2-4(9)5-1-3(8)6(10)11-5/h3-5,7-9H,1-2H2/t3-,4-,5-/m0/s1. The molecule has 0 aromatic carbocycles. The van der Waals surface area contributed by atoms with Crippen LogP contribution >= 0.6 is 0 Å². The summed E-state index contributed by atoms with van der Waals surface area (Å²) in [6.07, 6.45) is -2.94. The summed E-state index contributed by atoms with van der Waals surface area (Å²) >= 11 is 0. The first-order valence-corrected chi connectivity index (χ1v) is 3.32. The van der Waals surface area contributed by atoms with Gasteiger partial charge in [-0.15, -0.1) is 0 Å². The Morgan fingerprint density at radius 2 is 2.36 bits per heavy atom. The minimum Gasteiger partial charge on any atom is -0.457 e. The molecule has 11 heavy (non-hydrogen) atoms. The molecule has 0 bridgehead atoms. The number of carbonyl (C=O) groups is 1. The summed E-state index contributed by atoms with van der Waals surface area (Å²) < 4.78 is 4.53. The van der Waals surface area contributed by atoms with Crippen molar-refractivity contribution in [1.82, 2.24) is 0 Å². The molecule has 1 fully saturated rings. The van der Waals surface area contributed by atoms with Crippen molar-refractivity contribution in [1.29, 1.82) is 0 Å². The third kappa shape index (κ3) is 1.68. The summed E-state index contributed by atoms with van der Waals surface area (Å²) in [7, 11) is 0. The van der Waals surface area contributed by atoms with Crippen LogP contribution in [0.1, 0.15) is 6.42 Å². The van der Waals surface area contributed by atoms with Crippen LogP contribution in [-0.4, -0.2) is 46.2 Å². The molecule has 0 unspecified atom stereocenters. The average Bonchev–Trinajstić information content (AvgIpc) is 2.31. The molecule has 0 aromatic heterocycles. The van der Waals surface area contributed by atoms with Crippen molar-refractivity contribution in [2.45, 2.75) is 24.7 Å². The molecule has 1 heterocycles. The van der Waals surface area contributed by atoms with Gasteiger partial charge in [0.1, 0.15) is 12.2 Å². The maximum Gasteiger partial charge on any atom is 0.335 e. The van der Waals surface area contributed by atoms with Gasteiger partial charge in [-0.1, -0.05) is 0 Å². The van der Waals surface area contributed by atoms with E-state index in [1.165, 1.54) is 0 Å². The zero-order valence-electron chi connectivity index (χ0n) is 5.80. The highest BCUT2D eigenvalue weighted by molar-refractivity contribution is 5.76. The topological polar surface area (TPSA) is 87.0 Å². The minimum atomic E-state index is -1.15. The molecule has 0 spiro atoms. The van der Waals surface area contributed by atoms with Crippen molar-refractivity contribution in [3.05, 3.63) is 0 Å². The predicted octanol–water partition coefficient (Wildman–Crippen LogP) is -1.98. The molecule has 1 aliphatic rings. The Labute approximate surface area is 63.2 Å². The van der Waals surface area contributed by atoms with Crippen molar-refractivity contribution >= 4 is 5.97 Å². The number of cyclic esters (lactones) is 1. The molecule has 0 radical (unpaired) electrons. The highest BCUT2D eigenvalue weighted by Gasteiger charge is 2.36. The van der Waals surface area contributed by atoms with E-state index in [0.29, 0.717) is 0 Å². The lowest BCUT2D eigenvalue weighted by Gasteiger charge is -2.12. The van der Waals surface area contributed by atoms with Gasteiger partial charge in [0.25, 0.3) is 0 Å². The van der Waals surface area contributed by atoms with Crippen LogP contribution in [0.3, 0.4) is 0 Å². The van der Waals surface area contributed by atoms with Crippen molar-refractivity contribution < 1.29 is 24.9 Å². The second-order valence-electron chi connectivity index (χ2n) is 2.48. The molecule has 3 atom stereocenters. The maximum absolute atomic E-state index is 10.5. The number of esters is 1. The van der Waals surface area contributed by atoms with Crippen LogP contribution in [0.2, 0.25) is 0 Å². The van der Waals surface area contributed by atoms with Crippen LogP contribution in [0.25, 0.3) is 0 Å². The highest BCUT2D eigenvalue weighted by Crippen LogP contribution is 2.17. The summed E-state index contributed by atoms with van der Waals surface area (Å²) in [5, 5.41) is 26.2. The van der Waals surface area contributed by atoms with Crippen LogP contribution in [0.5, 0.6) is 0 Å². The molecular weight excluding hydrogens is 152 g/mol. The van der Waals surface area contributed by atoms with Gasteiger partial charge in [0.05, 0.1) is 6.61 Å². The molecule has 0 aromatic rings. The number of rotatable bonds is 2. The Hall–Kier alpha value is -0.650. The first kappa shape index (κ1) is 8.45. The SMILES string of the molecule is O=C1O[C@H]([C@@H](O)CO)C[C@@H]1O. The molecule has 0 amide bonds. The summed E-state index contributed by atoms with van der Waals surface area (Å²) in [6, 6.07) is 0. The van der Waals surface area contributed by atoms with Gasteiger partial charge in [0.2, 0.25) is 0 Å². The Morgan fingerprint density at radius 3 is 2.73 bits per heavy atom. The second kappa shape index (κ2) is 3.17. The third-order valence-electron chi connectivity index (χ3n) is 1.61. The lowest BCUT2D eigenvalue weighted by Crippen LogP contribution is -2.29. The van der Waals surface area contributed by atoms with Crippen molar-refractivity contribution in [2.75, 3.05) is 6.61 Å². The summed E-state index contributed by atoms with van der Waals surface area (Å²) in [5.41, 5.74) is 0. The Kier molecular flexibility index (Phi) is 2.43. The normalized spacial score (nSPS) is 33.5. The molecule has 0 aliphatic carbocycles. The molecule has 1 aliphatic heterocycles. The van der Waals surface area contributed by atoms with E-state index in [1.54, 1.807) is 0 Å². The van der Waals surface area contributed by atoms with Gasteiger partial charge in [0, 0.05) is 6.42 Å². The van der Waals surface area contributed by atoms with Gasteiger partial charge in [-0.3, -0.25) is 0 Å². The van der Waals surface area contributed by atoms with Gasteiger partial charge in [-0.05, 0) is 0 Å². The van der Waals surface area contributed by atoms with Crippen LogP contribution in [-0.2, 0) is 9.53 Å². The van der Waals surface area contributed by atoms with Gasteiger partial charge in [-0.2, -0.15) is 0 Å². The van der Waals surface area contributed by atoms with Crippen molar-refractivity contribution in [3.63, 3.8) is 0 Å². The molecule has 0 saturated carbocycles. The van der Waals surface area contributed by atoms with Crippen LogP contribution in [0, 0.1) is 0 Å². The molecule has 1 saturated heterocycles.